The van der Waals surface area contributed by atoms with E-state index in [9.17, 15) is 9.90 Å². The van der Waals surface area contributed by atoms with Crippen LogP contribution in [0.25, 0.3) is 0 Å². The molecule has 0 unspecified atom stereocenters. The molecule has 1 saturated carbocycles. The van der Waals surface area contributed by atoms with Gasteiger partial charge in [0, 0.05) is 6.04 Å². The molecule has 1 aromatic carbocycles. The first-order chi connectivity index (χ1) is 10.2. The highest BCUT2D eigenvalue weighted by Gasteiger charge is 2.36. The number of fused-ring (bicyclic) bond motifs is 1. The largest absolute Gasteiger partial charge is 0.383 e. The quantitative estimate of drug-likeness (QED) is 0.800. The molecule has 0 spiro atoms. The Bertz CT molecular complexity index is 511. The van der Waals surface area contributed by atoms with Crippen LogP contribution in [0.1, 0.15) is 49.7 Å². The first-order valence-electron chi connectivity index (χ1n) is 8.02. The summed E-state index contributed by atoms with van der Waals surface area (Å²) in [5.41, 5.74) is 1.23. The molecule has 0 aliphatic heterocycles. The summed E-state index contributed by atoms with van der Waals surface area (Å²) < 4.78 is 0. The van der Waals surface area contributed by atoms with Gasteiger partial charge in [-0.2, -0.15) is 0 Å². The summed E-state index contributed by atoms with van der Waals surface area (Å²) in [5, 5.41) is 16.6. The van der Waals surface area contributed by atoms with Crippen molar-refractivity contribution in [2.24, 2.45) is 0 Å². The third kappa shape index (κ3) is 3.21. The Morgan fingerprint density at radius 1 is 1.24 bits per heavy atom. The number of carbonyl (C=O) groups excluding carboxylic acids is 1. The summed E-state index contributed by atoms with van der Waals surface area (Å²) in [7, 11) is 0. The average Bonchev–Trinajstić information content (AvgIpc) is 2.85. The minimum atomic E-state index is -0.916. The lowest BCUT2D eigenvalue weighted by atomic mass is 9.95. The molecule has 21 heavy (non-hydrogen) atoms. The van der Waals surface area contributed by atoms with Gasteiger partial charge in [0.25, 0.3) is 0 Å². The van der Waals surface area contributed by atoms with E-state index in [1.807, 2.05) is 18.2 Å². The molecule has 4 nitrogen and oxygen atoms in total. The number of nitrogens with one attached hydrogen (secondary N) is 2. The van der Waals surface area contributed by atoms with Gasteiger partial charge in [-0.05, 0) is 36.8 Å². The van der Waals surface area contributed by atoms with Crippen LogP contribution in [0.5, 0.6) is 0 Å². The molecule has 1 aromatic rings. The SMILES string of the molecule is O=C(NC[C@@]1(O)CCc2ccccc21)NC1CCCCC1. The van der Waals surface area contributed by atoms with Crippen molar-refractivity contribution in [2.75, 3.05) is 6.54 Å². The molecule has 2 aliphatic rings. The molecule has 1 fully saturated rings. The third-order valence-electron chi connectivity index (χ3n) is 4.81. The topological polar surface area (TPSA) is 61.4 Å². The second-order valence-corrected chi connectivity index (χ2v) is 6.35. The molecule has 114 valence electrons. The molecular weight excluding hydrogens is 264 g/mol. The van der Waals surface area contributed by atoms with Crippen LogP contribution in [0.2, 0.25) is 0 Å². The highest BCUT2D eigenvalue weighted by atomic mass is 16.3. The fourth-order valence-electron chi connectivity index (χ4n) is 3.56. The fourth-order valence-corrected chi connectivity index (χ4v) is 3.56. The van der Waals surface area contributed by atoms with Crippen LogP contribution in [0.15, 0.2) is 24.3 Å². The molecule has 0 heterocycles. The zero-order valence-corrected chi connectivity index (χ0v) is 12.4. The molecule has 0 saturated heterocycles. The van der Waals surface area contributed by atoms with Crippen LogP contribution in [-0.2, 0) is 12.0 Å². The van der Waals surface area contributed by atoms with E-state index >= 15 is 0 Å². The predicted octanol–water partition coefficient (Wildman–Crippen LogP) is 2.45. The smallest absolute Gasteiger partial charge is 0.315 e. The zero-order chi connectivity index (χ0) is 14.7. The first kappa shape index (κ1) is 14.4. The fraction of sp³-hybridized carbons (Fsp3) is 0.588. The van der Waals surface area contributed by atoms with Crippen LogP contribution < -0.4 is 10.6 Å². The van der Waals surface area contributed by atoms with Crippen molar-refractivity contribution >= 4 is 6.03 Å². The Morgan fingerprint density at radius 3 is 2.81 bits per heavy atom. The Hall–Kier alpha value is -1.55. The van der Waals surface area contributed by atoms with Gasteiger partial charge >= 0.3 is 6.03 Å². The van der Waals surface area contributed by atoms with Gasteiger partial charge < -0.3 is 15.7 Å². The molecule has 2 aliphatic carbocycles. The number of rotatable bonds is 3. The van der Waals surface area contributed by atoms with Crippen molar-refractivity contribution in [3.05, 3.63) is 35.4 Å². The highest BCUT2D eigenvalue weighted by Crippen LogP contribution is 2.36. The number of hydrogen-bond acceptors (Lipinski definition) is 2. The van der Waals surface area contributed by atoms with Crippen molar-refractivity contribution < 1.29 is 9.90 Å². The number of hydrogen-bond donors (Lipinski definition) is 3. The first-order valence-corrected chi connectivity index (χ1v) is 8.02. The van der Waals surface area contributed by atoms with E-state index in [1.165, 1.54) is 24.8 Å². The maximum atomic E-state index is 12.0. The van der Waals surface area contributed by atoms with Crippen molar-refractivity contribution in [1.29, 1.82) is 0 Å². The summed E-state index contributed by atoms with van der Waals surface area (Å²) in [6, 6.07) is 8.09. The number of aliphatic hydroxyl groups is 1. The van der Waals surface area contributed by atoms with E-state index in [1.54, 1.807) is 0 Å². The van der Waals surface area contributed by atoms with Gasteiger partial charge in [0.15, 0.2) is 0 Å². The van der Waals surface area contributed by atoms with E-state index in [0.29, 0.717) is 12.5 Å². The van der Waals surface area contributed by atoms with Gasteiger partial charge in [-0.1, -0.05) is 43.5 Å². The molecule has 0 radical (unpaired) electrons. The van der Waals surface area contributed by atoms with E-state index < -0.39 is 5.60 Å². The van der Waals surface area contributed by atoms with E-state index in [2.05, 4.69) is 16.7 Å². The molecule has 0 aromatic heterocycles. The van der Waals surface area contributed by atoms with Crippen LogP contribution in [-0.4, -0.2) is 23.7 Å². The Morgan fingerprint density at radius 2 is 2.00 bits per heavy atom. The second-order valence-electron chi connectivity index (χ2n) is 6.35. The molecule has 3 rings (SSSR count). The second kappa shape index (κ2) is 6.06. The maximum Gasteiger partial charge on any atom is 0.315 e. The standard InChI is InChI=1S/C17H24N2O2/c20-16(19-14-7-2-1-3-8-14)18-12-17(21)11-10-13-6-4-5-9-15(13)17/h4-6,9,14,21H,1-3,7-8,10-12H2,(H2,18,19,20)/t17-/m0/s1. The molecule has 2 amide bonds. The number of aryl methyl sites for hydroxylation is 1. The lowest BCUT2D eigenvalue weighted by Gasteiger charge is -2.26. The molecule has 0 bridgehead atoms. The summed E-state index contributed by atoms with van der Waals surface area (Å²) >= 11 is 0. The van der Waals surface area contributed by atoms with E-state index in [4.69, 9.17) is 0 Å². The number of benzene rings is 1. The predicted molar refractivity (Wildman–Crippen MR) is 82.1 cm³/mol. The Balaban J connectivity index is 1.54. The van der Waals surface area contributed by atoms with Crippen molar-refractivity contribution in [1.82, 2.24) is 10.6 Å². The summed E-state index contributed by atoms with van der Waals surface area (Å²) in [5.74, 6) is 0. The monoisotopic (exact) mass is 288 g/mol. The number of amides is 2. The van der Waals surface area contributed by atoms with E-state index in [-0.39, 0.29) is 12.6 Å². The normalized spacial score (nSPS) is 25.4. The van der Waals surface area contributed by atoms with Gasteiger partial charge in [-0.25, -0.2) is 4.79 Å². The molecular formula is C17H24N2O2. The Labute approximate surface area is 125 Å². The highest BCUT2D eigenvalue weighted by molar-refractivity contribution is 5.74. The molecule has 1 atom stereocenters. The molecule has 4 heteroatoms. The van der Waals surface area contributed by atoms with Crippen LogP contribution in [0.4, 0.5) is 4.79 Å². The van der Waals surface area contributed by atoms with E-state index in [0.717, 1.165) is 24.8 Å². The summed E-state index contributed by atoms with van der Waals surface area (Å²) in [4.78, 5) is 12.0. The van der Waals surface area contributed by atoms with Crippen molar-refractivity contribution in [2.45, 2.75) is 56.6 Å². The average molecular weight is 288 g/mol. The summed E-state index contributed by atoms with van der Waals surface area (Å²) in [6.07, 6.45) is 7.36. The minimum Gasteiger partial charge on any atom is -0.383 e. The molecule has 3 N–H and O–H groups in total. The lowest BCUT2D eigenvalue weighted by molar-refractivity contribution is 0.0411. The van der Waals surface area contributed by atoms with Gasteiger partial charge in [0.1, 0.15) is 5.60 Å². The lowest BCUT2D eigenvalue weighted by Crippen LogP contribution is -2.47. The van der Waals surface area contributed by atoms with Gasteiger partial charge in [0.2, 0.25) is 0 Å². The van der Waals surface area contributed by atoms with Crippen molar-refractivity contribution in [3.8, 4) is 0 Å². The Kier molecular flexibility index (Phi) is 4.15. The number of urea groups is 1. The van der Waals surface area contributed by atoms with Gasteiger partial charge in [0.05, 0.1) is 6.54 Å². The van der Waals surface area contributed by atoms with Crippen LogP contribution in [0, 0.1) is 0 Å². The van der Waals surface area contributed by atoms with Crippen LogP contribution >= 0.6 is 0 Å². The van der Waals surface area contributed by atoms with Gasteiger partial charge in [-0.3, -0.25) is 0 Å². The summed E-state index contributed by atoms with van der Waals surface area (Å²) in [6.45, 7) is 0.280. The van der Waals surface area contributed by atoms with Crippen molar-refractivity contribution in [3.63, 3.8) is 0 Å². The van der Waals surface area contributed by atoms with Crippen LogP contribution in [0.3, 0.4) is 0 Å². The maximum absolute atomic E-state index is 12.0. The zero-order valence-electron chi connectivity index (χ0n) is 12.4. The number of carbonyl (C=O) groups is 1. The minimum absolute atomic E-state index is 0.153. The van der Waals surface area contributed by atoms with Gasteiger partial charge in [-0.15, -0.1) is 0 Å². The third-order valence-corrected chi connectivity index (χ3v) is 4.81.